The Bertz CT molecular complexity index is 616. The molecule has 0 saturated heterocycles. The van der Waals surface area contributed by atoms with E-state index in [-0.39, 0.29) is 6.42 Å². The number of aryl methyl sites for hydroxylation is 1. The molecule has 1 heterocycles. The molecule has 0 N–H and O–H groups in total. The SMILES string of the molecule is [2H]C([2H])([2H])Cc1cc(-c2ccccc2)ncc1[Si](C)(C)C. The maximum absolute atomic E-state index is 7.57. The van der Waals surface area contributed by atoms with Crippen molar-refractivity contribution in [3.8, 4) is 11.3 Å². The smallest absolute Gasteiger partial charge is 0.0799 e. The summed E-state index contributed by atoms with van der Waals surface area (Å²) in [7, 11) is -1.61. The van der Waals surface area contributed by atoms with Gasteiger partial charge in [-0.2, -0.15) is 0 Å². The van der Waals surface area contributed by atoms with E-state index in [9.17, 15) is 0 Å². The fourth-order valence-corrected chi connectivity index (χ4v) is 3.66. The highest BCUT2D eigenvalue weighted by Gasteiger charge is 2.20. The van der Waals surface area contributed by atoms with Crippen LogP contribution in [0.3, 0.4) is 0 Å². The molecule has 94 valence electrons. The van der Waals surface area contributed by atoms with Crippen LogP contribution in [0, 0.1) is 0 Å². The number of nitrogens with zero attached hydrogens (tertiary/aromatic N) is 1. The molecule has 0 saturated carbocycles. The van der Waals surface area contributed by atoms with Crippen molar-refractivity contribution >= 4 is 13.3 Å². The number of pyridine rings is 1. The Kier molecular flexibility index (Phi) is 2.68. The predicted molar refractivity (Wildman–Crippen MR) is 82.0 cm³/mol. The van der Waals surface area contributed by atoms with E-state index in [1.165, 1.54) is 0 Å². The molecule has 0 aliphatic heterocycles. The van der Waals surface area contributed by atoms with E-state index in [4.69, 9.17) is 4.11 Å². The second-order valence-electron chi connectivity index (χ2n) is 5.52. The zero-order chi connectivity index (χ0) is 15.7. The fraction of sp³-hybridized carbons (Fsp3) is 0.312. The molecule has 2 rings (SSSR count). The summed E-state index contributed by atoms with van der Waals surface area (Å²) in [5, 5.41) is 1.14. The fourth-order valence-electron chi connectivity index (χ4n) is 2.09. The number of rotatable bonds is 3. The highest BCUT2D eigenvalue weighted by Crippen LogP contribution is 2.18. The van der Waals surface area contributed by atoms with Crippen LogP contribution >= 0.6 is 0 Å². The van der Waals surface area contributed by atoms with Gasteiger partial charge in [0, 0.05) is 15.9 Å². The van der Waals surface area contributed by atoms with Crippen molar-refractivity contribution in [3.05, 3.63) is 48.2 Å². The topological polar surface area (TPSA) is 12.9 Å². The third-order valence-electron chi connectivity index (χ3n) is 3.06. The Balaban J connectivity index is 2.52. The molecule has 1 aromatic carbocycles. The summed E-state index contributed by atoms with van der Waals surface area (Å²) >= 11 is 0. The van der Waals surface area contributed by atoms with Gasteiger partial charge < -0.3 is 0 Å². The van der Waals surface area contributed by atoms with Crippen molar-refractivity contribution in [2.24, 2.45) is 0 Å². The van der Waals surface area contributed by atoms with E-state index >= 15 is 0 Å². The van der Waals surface area contributed by atoms with Crippen LogP contribution in [0.1, 0.15) is 16.5 Å². The first kappa shape index (κ1) is 9.51. The molecular weight excluding hydrogens is 234 g/mol. The first-order valence-corrected chi connectivity index (χ1v) is 9.72. The highest BCUT2D eigenvalue weighted by molar-refractivity contribution is 6.89. The lowest BCUT2D eigenvalue weighted by molar-refractivity contribution is 1.13. The summed E-state index contributed by atoms with van der Waals surface area (Å²) in [6, 6.07) is 11.8. The monoisotopic (exact) mass is 258 g/mol. The molecule has 0 bridgehead atoms. The molecule has 0 unspecified atom stereocenters. The standard InChI is InChI=1S/C16H21NSi/c1-5-13-11-15(14-9-7-6-8-10-14)17-12-16(13)18(2,3)4/h6-12H,5H2,1-4H3/i1D3. The van der Waals surface area contributed by atoms with E-state index in [2.05, 4.69) is 24.6 Å². The van der Waals surface area contributed by atoms with Gasteiger partial charge in [0.25, 0.3) is 0 Å². The van der Waals surface area contributed by atoms with Gasteiger partial charge in [-0.25, -0.2) is 0 Å². The lowest BCUT2D eigenvalue weighted by Crippen LogP contribution is -2.40. The summed E-state index contributed by atoms with van der Waals surface area (Å²) in [4.78, 5) is 4.56. The van der Waals surface area contributed by atoms with Crippen LogP contribution < -0.4 is 5.19 Å². The molecule has 0 atom stereocenters. The van der Waals surface area contributed by atoms with E-state index in [1.54, 1.807) is 0 Å². The molecule has 1 aromatic heterocycles. The minimum atomic E-state index is -1.95. The van der Waals surface area contributed by atoms with Crippen LogP contribution in [-0.4, -0.2) is 13.1 Å². The lowest BCUT2D eigenvalue weighted by Gasteiger charge is -2.20. The van der Waals surface area contributed by atoms with Crippen LogP contribution in [0.5, 0.6) is 0 Å². The van der Waals surface area contributed by atoms with Gasteiger partial charge in [0.05, 0.1) is 13.8 Å². The molecule has 1 nitrogen and oxygen atoms in total. The maximum atomic E-state index is 7.57. The zero-order valence-corrected chi connectivity index (χ0v) is 12.2. The first-order valence-electron chi connectivity index (χ1n) is 7.72. The molecule has 0 radical (unpaired) electrons. The van der Waals surface area contributed by atoms with Crippen molar-refractivity contribution in [2.75, 3.05) is 0 Å². The van der Waals surface area contributed by atoms with Gasteiger partial charge in [-0.15, -0.1) is 0 Å². The molecule has 0 spiro atoms. The Morgan fingerprint density at radius 1 is 1.17 bits per heavy atom. The summed E-state index contributed by atoms with van der Waals surface area (Å²) in [5.74, 6) is 0. The van der Waals surface area contributed by atoms with Crippen molar-refractivity contribution in [3.63, 3.8) is 0 Å². The van der Waals surface area contributed by atoms with Gasteiger partial charge in [-0.3, -0.25) is 4.98 Å². The van der Waals surface area contributed by atoms with Crippen molar-refractivity contribution < 1.29 is 4.11 Å². The van der Waals surface area contributed by atoms with Crippen LogP contribution in [-0.2, 0) is 6.42 Å². The molecule has 0 aliphatic carbocycles. The van der Waals surface area contributed by atoms with Crippen molar-refractivity contribution in [1.82, 2.24) is 4.98 Å². The number of aromatic nitrogens is 1. The summed E-state index contributed by atoms with van der Waals surface area (Å²) in [6.45, 7) is 4.70. The number of hydrogen-bond donors (Lipinski definition) is 0. The number of hydrogen-bond acceptors (Lipinski definition) is 1. The van der Waals surface area contributed by atoms with E-state index < -0.39 is 14.9 Å². The Hall–Kier alpha value is -1.41. The van der Waals surface area contributed by atoms with E-state index in [1.807, 2.05) is 42.6 Å². The summed E-state index contributed by atoms with van der Waals surface area (Å²) in [6.07, 6.45) is 1.99. The third kappa shape index (κ3) is 2.70. The minimum absolute atomic E-state index is 0.106. The average Bonchev–Trinajstić information content (AvgIpc) is 2.36. The highest BCUT2D eigenvalue weighted by atomic mass is 28.3. The van der Waals surface area contributed by atoms with Gasteiger partial charge in [0.15, 0.2) is 0 Å². The lowest BCUT2D eigenvalue weighted by atomic mass is 10.1. The largest absolute Gasteiger partial charge is 0.256 e. The molecule has 0 amide bonds. The second-order valence-corrected chi connectivity index (χ2v) is 10.6. The average molecular weight is 258 g/mol. The molecule has 2 aromatic rings. The maximum Gasteiger partial charge on any atom is 0.0799 e. The van der Waals surface area contributed by atoms with Crippen LogP contribution in [0.25, 0.3) is 11.3 Å². The summed E-state index contributed by atoms with van der Waals surface area (Å²) in [5.41, 5.74) is 2.78. The quantitative estimate of drug-likeness (QED) is 0.762. The second kappa shape index (κ2) is 5.07. The Morgan fingerprint density at radius 3 is 2.50 bits per heavy atom. The molecule has 2 heteroatoms. The third-order valence-corrected chi connectivity index (χ3v) is 5.12. The number of benzene rings is 1. The van der Waals surface area contributed by atoms with Gasteiger partial charge in [-0.1, -0.05) is 56.8 Å². The van der Waals surface area contributed by atoms with Gasteiger partial charge in [0.1, 0.15) is 0 Å². The summed E-state index contributed by atoms with van der Waals surface area (Å²) < 4.78 is 22.7. The molecule has 0 fully saturated rings. The Labute approximate surface area is 115 Å². The zero-order valence-electron chi connectivity index (χ0n) is 14.2. The molecule has 0 aliphatic rings. The normalized spacial score (nSPS) is 14.7. The van der Waals surface area contributed by atoms with Crippen LogP contribution in [0.4, 0.5) is 0 Å². The van der Waals surface area contributed by atoms with Crippen LogP contribution in [0.2, 0.25) is 19.6 Å². The molecule has 18 heavy (non-hydrogen) atoms. The van der Waals surface area contributed by atoms with Gasteiger partial charge in [0.2, 0.25) is 0 Å². The van der Waals surface area contributed by atoms with E-state index in [0.29, 0.717) is 0 Å². The first-order chi connectivity index (χ1) is 9.67. The molecular formula is C16H21NSi. The van der Waals surface area contributed by atoms with Crippen molar-refractivity contribution in [1.29, 1.82) is 0 Å². The minimum Gasteiger partial charge on any atom is -0.256 e. The predicted octanol–water partition coefficient (Wildman–Crippen LogP) is 3.86. The van der Waals surface area contributed by atoms with Gasteiger partial charge >= 0.3 is 0 Å². The van der Waals surface area contributed by atoms with Crippen molar-refractivity contribution in [2.45, 2.75) is 32.9 Å². The Morgan fingerprint density at radius 2 is 1.89 bits per heavy atom. The van der Waals surface area contributed by atoms with Crippen LogP contribution in [0.15, 0.2) is 42.6 Å². The van der Waals surface area contributed by atoms with E-state index in [0.717, 1.165) is 22.0 Å². The van der Waals surface area contributed by atoms with Gasteiger partial charge in [-0.05, 0) is 23.2 Å².